The van der Waals surface area contributed by atoms with E-state index in [1.807, 2.05) is 30.8 Å². The normalized spacial score (nSPS) is 10.6. The number of aryl methyl sites for hydroxylation is 3. The van der Waals surface area contributed by atoms with Crippen LogP contribution in [0.25, 0.3) is 5.69 Å². The first kappa shape index (κ1) is 15.3. The van der Waals surface area contributed by atoms with Crippen molar-refractivity contribution in [1.82, 2.24) is 9.78 Å². The summed E-state index contributed by atoms with van der Waals surface area (Å²) >= 11 is 0. The lowest BCUT2D eigenvalue weighted by Gasteiger charge is -2.09. The van der Waals surface area contributed by atoms with Crippen LogP contribution in [-0.2, 0) is 16.0 Å². The lowest BCUT2D eigenvalue weighted by atomic mass is 10.0. The zero-order chi connectivity index (χ0) is 15.2. The number of carbonyl (C=O) groups is 1. The Bertz CT molecular complexity index is 617. The van der Waals surface area contributed by atoms with Crippen LogP contribution in [-0.4, -0.2) is 22.4 Å². The van der Waals surface area contributed by atoms with Gasteiger partial charge in [-0.1, -0.05) is 12.1 Å². The van der Waals surface area contributed by atoms with Gasteiger partial charge in [-0.25, -0.2) is 4.68 Å². The zero-order valence-corrected chi connectivity index (χ0v) is 12.9. The molecule has 21 heavy (non-hydrogen) atoms. The van der Waals surface area contributed by atoms with Gasteiger partial charge in [-0.15, -0.1) is 0 Å². The van der Waals surface area contributed by atoms with Crippen molar-refractivity contribution in [2.75, 3.05) is 6.61 Å². The van der Waals surface area contributed by atoms with E-state index in [1.54, 1.807) is 0 Å². The molecule has 0 aliphatic carbocycles. The first-order valence-corrected chi connectivity index (χ1v) is 7.38. The van der Waals surface area contributed by atoms with Gasteiger partial charge in [0, 0.05) is 12.6 Å². The summed E-state index contributed by atoms with van der Waals surface area (Å²) in [4.78, 5) is 11.3. The van der Waals surface area contributed by atoms with Gasteiger partial charge in [0.25, 0.3) is 0 Å². The van der Waals surface area contributed by atoms with Crippen LogP contribution in [0.5, 0.6) is 0 Å². The monoisotopic (exact) mass is 286 g/mol. The third-order valence-corrected chi connectivity index (χ3v) is 3.38. The number of aromatic nitrogens is 2. The van der Waals surface area contributed by atoms with E-state index >= 15 is 0 Å². The number of hydrogen-bond acceptors (Lipinski definition) is 3. The molecule has 0 aliphatic heterocycles. The number of nitrogens with zero attached hydrogens (tertiary/aromatic N) is 2. The fourth-order valence-electron chi connectivity index (χ4n) is 2.35. The Morgan fingerprint density at radius 3 is 2.71 bits per heavy atom. The second kappa shape index (κ2) is 7.07. The van der Waals surface area contributed by atoms with E-state index in [-0.39, 0.29) is 5.97 Å². The second-order valence-electron chi connectivity index (χ2n) is 5.18. The number of carbonyl (C=O) groups excluding carboxylic acids is 1. The molecular formula is C17H22N2O2. The highest BCUT2D eigenvalue weighted by atomic mass is 16.5. The van der Waals surface area contributed by atoms with Gasteiger partial charge in [-0.05, 0) is 56.9 Å². The molecule has 0 radical (unpaired) electrons. The third-order valence-electron chi connectivity index (χ3n) is 3.38. The molecule has 2 rings (SSSR count). The van der Waals surface area contributed by atoms with E-state index in [4.69, 9.17) is 4.74 Å². The first-order valence-electron chi connectivity index (χ1n) is 7.38. The van der Waals surface area contributed by atoms with E-state index < -0.39 is 0 Å². The molecule has 0 bridgehead atoms. The van der Waals surface area contributed by atoms with Crippen molar-refractivity contribution in [3.8, 4) is 5.69 Å². The molecule has 4 heteroatoms. The van der Waals surface area contributed by atoms with Crippen molar-refractivity contribution in [3.63, 3.8) is 0 Å². The molecule has 0 spiro atoms. The van der Waals surface area contributed by atoms with Crippen LogP contribution in [0.3, 0.4) is 0 Å². The number of esters is 1. The Morgan fingerprint density at radius 1 is 1.29 bits per heavy atom. The lowest BCUT2D eigenvalue weighted by Crippen LogP contribution is -2.04. The minimum atomic E-state index is -0.113. The summed E-state index contributed by atoms with van der Waals surface area (Å²) in [5.74, 6) is -0.113. The fraction of sp³-hybridized carbons (Fsp3) is 0.412. The molecule has 1 aromatic heterocycles. The Balaban J connectivity index is 1.97. The smallest absolute Gasteiger partial charge is 0.305 e. The van der Waals surface area contributed by atoms with Gasteiger partial charge >= 0.3 is 5.97 Å². The highest BCUT2D eigenvalue weighted by molar-refractivity contribution is 5.69. The Hall–Kier alpha value is -2.10. The summed E-state index contributed by atoms with van der Waals surface area (Å²) in [5, 5.41) is 4.43. The summed E-state index contributed by atoms with van der Waals surface area (Å²) in [6, 6.07) is 8.34. The second-order valence-corrected chi connectivity index (χ2v) is 5.18. The van der Waals surface area contributed by atoms with Gasteiger partial charge in [0.2, 0.25) is 0 Å². The maximum atomic E-state index is 11.3. The van der Waals surface area contributed by atoms with E-state index in [9.17, 15) is 4.79 Å². The largest absolute Gasteiger partial charge is 0.466 e. The molecule has 0 atom stereocenters. The van der Waals surface area contributed by atoms with E-state index in [0.29, 0.717) is 13.0 Å². The zero-order valence-electron chi connectivity index (χ0n) is 12.9. The molecule has 2 aromatic rings. The fourth-order valence-corrected chi connectivity index (χ4v) is 2.35. The molecule has 0 aliphatic rings. The van der Waals surface area contributed by atoms with Crippen LogP contribution >= 0.6 is 0 Å². The Labute approximate surface area is 125 Å². The number of benzene rings is 1. The maximum Gasteiger partial charge on any atom is 0.305 e. The van der Waals surface area contributed by atoms with Gasteiger partial charge in [-0.3, -0.25) is 4.79 Å². The summed E-state index contributed by atoms with van der Waals surface area (Å²) < 4.78 is 6.83. The van der Waals surface area contributed by atoms with E-state index in [1.165, 1.54) is 11.1 Å². The summed E-state index contributed by atoms with van der Waals surface area (Å²) in [6.07, 6.45) is 4.15. The topological polar surface area (TPSA) is 44.1 Å². The minimum Gasteiger partial charge on any atom is -0.466 e. The van der Waals surface area contributed by atoms with Crippen LogP contribution in [0.2, 0.25) is 0 Å². The van der Waals surface area contributed by atoms with Gasteiger partial charge < -0.3 is 4.74 Å². The van der Waals surface area contributed by atoms with Crippen molar-refractivity contribution in [3.05, 3.63) is 47.3 Å². The number of rotatable bonds is 6. The van der Waals surface area contributed by atoms with Crippen LogP contribution < -0.4 is 0 Å². The Morgan fingerprint density at radius 2 is 2.10 bits per heavy atom. The maximum absolute atomic E-state index is 11.3. The van der Waals surface area contributed by atoms with Crippen molar-refractivity contribution in [1.29, 1.82) is 0 Å². The van der Waals surface area contributed by atoms with Crippen LogP contribution in [0, 0.1) is 13.8 Å². The van der Waals surface area contributed by atoms with Crippen molar-refractivity contribution in [2.45, 2.75) is 40.0 Å². The molecule has 0 amide bonds. The Kier molecular flexibility index (Phi) is 5.14. The molecule has 4 nitrogen and oxygen atoms in total. The van der Waals surface area contributed by atoms with Crippen molar-refractivity contribution in [2.24, 2.45) is 0 Å². The highest BCUT2D eigenvalue weighted by Crippen LogP contribution is 2.17. The number of ether oxygens (including phenoxy) is 1. The summed E-state index contributed by atoms with van der Waals surface area (Å²) in [5.41, 5.74) is 4.53. The third kappa shape index (κ3) is 4.18. The standard InChI is InChI=1S/C17H22N2O2/c1-4-21-17(20)7-5-6-15-8-9-16(13(2)12-15)19-11-10-14(3)18-19/h8-12H,4-7H2,1-3H3. The molecule has 0 N–H and O–H groups in total. The molecule has 0 unspecified atom stereocenters. The van der Waals surface area contributed by atoms with E-state index in [0.717, 1.165) is 24.2 Å². The molecule has 0 fully saturated rings. The van der Waals surface area contributed by atoms with Crippen molar-refractivity contribution >= 4 is 5.97 Å². The molecular weight excluding hydrogens is 264 g/mol. The predicted octanol–water partition coefficient (Wildman–Crippen LogP) is 3.37. The highest BCUT2D eigenvalue weighted by Gasteiger charge is 2.05. The van der Waals surface area contributed by atoms with Crippen LogP contribution in [0.4, 0.5) is 0 Å². The van der Waals surface area contributed by atoms with E-state index in [2.05, 4.69) is 30.2 Å². The summed E-state index contributed by atoms with van der Waals surface area (Å²) in [7, 11) is 0. The van der Waals surface area contributed by atoms with Gasteiger partial charge in [0.15, 0.2) is 0 Å². The first-order chi connectivity index (χ1) is 10.1. The molecule has 1 aromatic carbocycles. The summed E-state index contributed by atoms with van der Waals surface area (Å²) in [6.45, 7) is 6.35. The quantitative estimate of drug-likeness (QED) is 0.765. The van der Waals surface area contributed by atoms with Crippen LogP contribution in [0.1, 0.15) is 36.6 Å². The SMILES string of the molecule is CCOC(=O)CCCc1ccc(-n2ccc(C)n2)c(C)c1. The average molecular weight is 286 g/mol. The van der Waals surface area contributed by atoms with Gasteiger partial charge in [0.1, 0.15) is 0 Å². The van der Waals surface area contributed by atoms with Crippen molar-refractivity contribution < 1.29 is 9.53 Å². The molecule has 112 valence electrons. The van der Waals surface area contributed by atoms with Gasteiger partial charge in [-0.2, -0.15) is 5.10 Å². The van der Waals surface area contributed by atoms with Crippen LogP contribution in [0.15, 0.2) is 30.5 Å². The van der Waals surface area contributed by atoms with Gasteiger partial charge in [0.05, 0.1) is 18.0 Å². The minimum absolute atomic E-state index is 0.113. The molecule has 0 saturated heterocycles. The predicted molar refractivity (Wildman–Crippen MR) is 82.6 cm³/mol. The number of hydrogen-bond donors (Lipinski definition) is 0. The molecule has 1 heterocycles. The lowest BCUT2D eigenvalue weighted by molar-refractivity contribution is -0.143. The molecule has 0 saturated carbocycles. The average Bonchev–Trinajstić information content (AvgIpc) is 2.85.